The molecule has 0 bridgehead atoms. The van der Waals surface area contributed by atoms with Gasteiger partial charge in [-0.3, -0.25) is 9.69 Å². The molecule has 1 aromatic rings. The molecule has 2 N–H and O–H groups in total. The third kappa shape index (κ3) is 5.12. The second-order valence-corrected chi connectivity index (χ2v) is 5.05. The van der Waals surface area contributed by atoms with Crippen molar-refractivity contribution in [2.24, 2.45) is 0 Å². The molecule has 1 saturated heterocycles. The Labute approximate surface area is 127 Å². The number of hydrogen-bond donors (Lipinski definition) is 2. The summed E-state index contributed by atoms with van der Waals surface area (Å²) in [6.07, 6.45) is 3.04. The Balaban J connectivity index is 0.00000200. The zero-order chi connectivity index (χ0) is 13.5. The Morgan fingerprint density at radius 1 is 1.35 bits per heavy atom. The standard InChI is InChI=1S/C15H23N3O.ClH/c1-16-12-14-8-5-10-18(14)11-9-15(19)17-13-6-3-2-4-7-13;/h2-4,6-7,14,16H,5,8-12H2,1H3,(H,17,19);1H. The van der Waals surface area contributed by atoms with Gasteiger partial charge < -0.3 is 10.6 Å². The van der Waals surface area contributed by atoms with Gasteiger partial charge in [-0.25, -0.2) is 0 Å². The Kier molecular flexibility index (Phi) is 7.59. The minimum absolute atomic E-state index is 0. The predicted octanol–water partition coefficient (Wildman–Crippen LogP) is 2.12. The molecule has 1 aromatic carbocycles. The van der Waals surface area contributed by atoms with Crippen molar-refractivity contribution in [1.29, 1.82) is 0 Å². The second kappa shape index (κ2) is 8.95. The van der Waals surface area contributed by atoms with Crippen LogP contribution in [0.25, 0.3) is 0 Å². The van der Waals surface area contributed by atoms with Gasteiger partial charge in [0.05, 0.1) is 0 Å². The van der Waals surface area contributed by atoms with E-state index in [1.165, 1.54) is 12.8 Å². The first-order chi connectivity index (χ1) is 9.29. The normalized spacial score (nSPS) is 18.6. The van der Waals surface area contributed by atoms with Crippen molar-refractivity contribution >= 4 is 24.0 Å². The first kappa shape index (κ1) is 17.0. The lowest BCUT2D eigenvalue weighted by Crippen LogP contribution is -2.38. The third-order valence-corrected chi connectivity index (χ3v) is 3.62. The van der Waals surface area contributed by atoms with Crippen LogP contribution in [-0.4, -0.2) is 43.5 Å². The van der Waals surface area contributed by atoms with Crippen molar-refractivity contribution in [2.75, 3.05) is 32.0 Å². The molecule has 20 heavy (non-hydrogen) atoms. The van der Waals surface area contributed by atoms with E-state index < -0.39 is 0 Å². The number of likely N-dealkylation sites (tertiary alicyclic amines) is 1. The van der Waals surface area contributed by atoms with Crippen LogP contribution in [0.2, 0.25) is 0 Å². The Bertz CT molecular complexity index is 399. The van der Waals surface area contributed by atoms with Crippen molar-refractivity contribution < 1.29 is 4.79 Å². The summed E-state index contributed by atoms with van der Waals surface area (Å²) in [5.74, 6) is 0.0984. The maximum absolute atomic E-state index is 11.9. The number of rotatable bonds is 6. The molecule has 1 aliphatic heterocycles. The summed E-state index contributed by atoms with van der Waals surface area (Å²) >= 11 is 0. The second-order valence-electron chi connectivity index (χ2n) is 5.05. The van der Waals surface area contributed by atoms with Gasteiger partial charge >= 0.3 is 0 Å². The maximum atomic E-state index is 11.9. The number of hydrogen-bond acceptors (Lipinski definition) is 3. The maximum Gasteiger partial charge on any atom is 0.225 e. The molecule has 1 aliphatic rings. The largest absolute Gasteiger partial charge is 0.326 e. The van der Waals surface area contributed by atoms with Crippen LogP contribution in [0.1, 0.15) is 19.3 Å². The van der Waals surface area contributed by atoms with Gasteiger partial charge in [-0.05, 0) is 38.6 Å². The summed E-state index contributed by atoms with van der Waals surface area (Å²) in [4.78, 5) is 14.3. The number of nitrogens with one attached hydrogen (secondary N) is 2. The molecule has 4 nitrogen and oxygen atoms in total. The number of anilines is 1. The Morgan fingerprint density at radius 2 is 2.10 bits per heavy atom. The molecular weight excluding hydrogens is 274 g/mol. The molecule has 0 saturated carbocycles. The molecular formula is C15H24ClN3O. The molecule has 0 aliphatic carbocycles. The van der Waals surface area contributed by atoms with Gasteiger partial charge in [0.15, 0.2) is 0 Å². The van der Waals surface area contributed by atoms with E-state index in [4.69, 9.17) is 0 Å². The number of para-hydroxylation sites is 1. The highest BCUT2D eigenvalue weighted by Crippen LogP contribution is 2.16. The van der Waals surface area contributed by atoms with E-state index in [0.717, 1.165) is 25.3 Å². The lowest BCUT2D eigenvalue weighted by molar-refractivity contribution is -0.116. The first-order valence-corrected chi connectivity index (χ1v) is 7.03. The summed E-state index contributed by atoms with van der Waals surface area (Å²) < 4.78 is 0. The quantitative estimate of drug-likeness (QED) is 0.845. The number of nitrogens with zero attached hydrogens (tertiary/aromatic N) is 1. The molecule has 0 aromatic heterocycles. The number of carbonyl (C=O) groups excluding carboxylic acids is 1. The third-order valence-electron chi connectivity index (χ3n) is 3.62. The number of likely N-dealkylation sites (N-methyl/N-ethyl adjacent to an activating group) is 1. The monoisotopic (exact) mass is 297 g/mol. The molecule has 0 radical (unpaired) electrons. The minimum atomic E-state index is 0. The molecule has 0 spiro atoms. The van der Waals surface area contributed by atoms with E-state index in [-0.39, 0.29) is 18.3 Å². The lowest BCUT2D eigenvalue weighted by atomic mass is 10.2. The van der Waals surface area contributed by atoms with Gasteiger partial charge in [-0.1, -0.05) is 18.2 Å². The van der Waals surface area contributed by atoms with Gasteiger partial charge in [0, 0.05) is 31.2 Å². The van der Waals surface area contributed by atoms with Crippen LogP contribution in [0.4, 0.5) is 5.69 Å². The van der Waals surface area contributed by atoms with Crippen LogP contribution in [0.5, 0.6) is 0 Å². The van der Waals surface area contributed by atoms with Gasteiger partial charge in [-0.15, -0.1) is 12.4 Å². The summed E-state index contributed by atoms with van der Waals surface area (Å²) in [7, 11) is 1.98. The number of amides is 1. The fourth-order valence-electron chi connectivity index (χ4n) is 2.65. The summed E-state index contributed by atoms with van der Waals surface area (Å²) in [5, 5.41) is 6.16. The fourth-order valence-corrected chi connectivity index (χ4v) is 2.65. The number of benzene rings is 1. The highest BCUT2D eigenvalue weighted by atomic mass is 35.5. The molecule has 1 atom stereocenters. The lowest BCUT2D eigenvalue weighted by Gasteiger charge is -2.23. The van der Waals surface area contributed by atoms with E-state index in [0.29, 0.717) is 12.5 Å². The van der Waals surface area contributed by atoms with Crippen molar-refractivity contribution in [3.8, 4) is 0 Å². The average Bonchev–Trinajstić information content (AvgIpc) is 2.85. The van der Waals surface area contributed by atoms with Crippen LogP contribution in [0, 0.1) is 0 Å². The predicted molar refractivity (Wildman–Crippen MR) is 85.5 cm³/mol. The minimum Gasteiger partial charge on any atom is -0.326 e. The molecule has 1 amide bonds. The highest BCUT2D eigenvalue weighted by molar-refractivity contribution is 5.90. The summed E-state index contributed by atoms with van der Waals surface area (Å²) in [6, 6.07) is 10.2. The van der Waals surface area contributed by atoms with E-state index in [2.05, 4.69) is 15.5 Å². The highest BCUT2D eigenvalue weighted by Gasteiger charge is 2.23. The van der Waals surface area contributed by atoms with Crippen molar-refractivity contribution in [1.82, 2.24) is 10.2 Å². The number of halogens is 1. The zero-order valence-corrected chi connectivity index (χ0v) is 12.8. The van der Waals surface area contributed by atoms with Crippen LogP contribution in [0.15, 0.2) is 30.3 Å². The van der Waals surface area contributed by atoms with Crippen LogP contribution < -0.4 is 10.6 Å². The molecule has 1 unspecified atom stereocenters. The van der Waals surface area contributed by atoms with Gasteiger partial charge in [0.2, 0.25) is 5.91 Å². The first-order valence-electron chi connectivity index (χ1n) is 7.03. The van der Waals surface area contributed by atoms with Crippen LogP contribution in [-0.2, 0) is 4.79 Å². The topological polar surface area (TPSA) is 44.4 Å². The molecule has 112 valence electrons. The molecule has 1 heterocycles. The van der Waals surface area contributed by atoms with Crippen LogP contribution in [0.3, 0.4) is 0 Å². The van der Waals surface area contributed by atoms with Crippen molar-refractivity contribution in [3.63, 3.8) is 0 Å². The Morgan fingerprint density at radius 3 is 2.80 bits per heavy atom. The summed E-state index contributed by atoms with van der Waals surface area (Å²) in [5.41, 5.74) is 0.876. The van der Waals surface area contributed by atoms with Gasteiger partial charge in [-0.2, -0.15) is 0 Å². The average molecular weight is 298 g/mol. The Hall–Kier alpha value is -1.10. The van der Waals surface area contributed by atoms with Gasteiger partial charge in [0.25, 0.3) is 0 Å². The molecule has 2 rings (SSSR count). The van der Waals surface area contributed by atoms with Crippen LogP contribution >= 0.6 is 12.4 Å². The van der Waals surface area contributed by atoms with E-state index in [9.17, 15) is 4.79 Å². The molecule has 1 fully saturated rings. The summed E-state index contributed by atoms with van der Waals surface area (Å²) in [6.45, 7) is 2.98. The zero-order valence-electron chi connectivity index (χ0n) is 12.0. The molecule has 5 heteroatoms. The van der Waals surface area contributed by atoms with E-state index >= 15 is 0 Å². The number of carbonyl (C=O) groups is 1. The fraction of sp³-hybridized carbons (Fsp3) is 0.533. The van der Waals surface area contributed by atoms with Crippen molar-refractivity contribution in [2.45, 2.75) is 25.3 Å². The van der Waals surface area contributed by atoms with Crippen molar-refractivity contribution in [3.05, 3.63) is 30.3 Å². The van der Waals surface area contributed by atoms with E-state index in [1.54, 1.807) is 0 Å². The SMILES string of the molecule is CNCC1CCCN1CCC(=O)Nc1ccccc1.Cl. The smallest absolute Gasteiger partial charge is 0.225 e. The van der Waals surface area contributed by atoms with Gasteiger partial charge in [0.1, 0.15) is 0 Å². The van der Waals surface area contributed by atoms with E-state index in [1.807, 2.05) is 37.4 Å².